The number of benzene rings is 2. The van der Waals surface area contributed by atoms with Crippen LogP contribution in [0.4, 0.5) is 5.69 Å². The summed E-state index contributed by atoms with van der Waals surface area (Å²) in [6.45, 7) is 5.33. The number of pyridine rings is 1. The zero-order valence-corrected chi connectivity index (χ0v) is 17.6. The lowest BCUT2D eigenvalue weighted by molar-refractivity contribution is 0.102. The standard InChI is InChI=1S/C23H24BrN3O/c1-16-21(26-23(28)18-5-8-20(24)9-6-18)10-7-19-13-17(14-25-22(16)19)15-27-11-3-2-4-12-27/h5-10,13-14H,2-4,11-12,15H2,1H3,(H,26,28). The maximum absolute atomic E-state index is 12.5. The SMILES string of the molecule is Cc1c(NC(=O)c2ccc(Br)cc2)ccc2cc(CN3CCCCC3)cnc12. The van der Waals surface area contributed by atoms with E-state index in [4.69, 9.17) is 4.98 Å². The second-order valence-electron chi connectivity index (χ2n) is 7.45. The Labute approximate surface area is 174 Å². The number of nitrogens with one attached hydrogen (secondary N) is 1. The Bertz CT molecular complexity index is 995. The lowest BCUT2D eigenvalue weighted by atomic mass is 10.1. The number of halogens is 1. The molecular formula is C23H24BrN3O. The third-order valence-electron chi connectivity index (χ3n) is 5.37. The van der Waals surface area contributed by atoms with Crippen LogP contribution in [0.1, 0.15) is 40.7 Å². The third-order valence-corrected chi connectivity index (χ3v) is 5.90. The molecule has 0 spiro atoms. The molecule has 1 aliphatic rings. The fourth-order valence-corrected chi connectivity index (χ4v) is 4.05. The molecule has 1 aromatic heterocycles. The van der Waals surface area contributed by atoms with Gasteiger partial charge in [-0.25, -0.2) is 0 Å². The summed E-state index contributed by atoms with van der Waals surface area (Å²) in [5.74, 6) is -0.114. The van der Waals surface area contributed by atoms with Gasteiger partial charge in [-0.2, -0.15) is 0 Å². The topological polar surface area (TPSA) is 45.2 Å². The smallest absolute Gasteiger partial charge is 0.255 e. The van der Waals surface area contributed by atoms with E-state index in [0.29, 0.717) is 5.56 Å². The molecule has 0 radical (unpaired) electrons. The van der Waals surface area contributed by atoms with E-state index in [2.05, 4.69) is 32.2 Å². The molecule has 1 fully saturated rings. The largest absolute Gasteiger partial charge is 0.322 e. The van der Waals surface area contributed by atoms with Crippen molar-refractivity contribution in [3.63, 3.8) is 0 Å². The minimum atomic E-state index is -0.114. The molecule has 2 heterocycles. The van der Waals surface area contributed by atoms with Gasteiger partial charge in [-0.3, -0.25) is 14.7 Å². The van der Waals surface area contributed by atoms with Gasteiger partial charge >= 0.3 is 0 Å². The number of rotatable bonds is 4. The minimum Gasteiger partial charge on any atom is -0.322 e. The van der Waals surface area contributed by atoms with Crippen molar-refractivity contribution < 1.29 is 4.79 Å². The molecule has 1 amide bonds. The van der Waals surface area contributed by atoms with E-state index in [9.17, 15) is 4.79 Å². The first-order valence-corrected chi connectivity index (χ1v) is 10.6. The number of nitrogens with zero attached hydrogens (tertiary/aromatic N) is 2. The molecule has 1 aliphatic heterocycles. The van der Waals surface area contributed by atoms with Crippen LogP contribution >= 0.6 is 15.9 Å². The molecule has 1 N–H and O–H groups in total. The van der Waals surface area contributed by atoms with E-state index in [1.807, 2.05) is 37.4 Å². The van der Waals surface area contributed by atoms with Crippen LogP contribution in [0.2, 0.25) is 0 Å². The van der Waals surface area contributed by atoms with Crippen molar-refractivity contribution in [3.8, 4) is 0 Å². The molecule has 4 rings (SSSR count). The first kappa shape index (κ1) is 19.1. The number of aromatic nitrogens is 1. The molecule has 0 aliphatic carbocycles. The Morgan fingerprint density at radius 3 is 2.61 bits per heavy atom. The van der Waals surface area contributed by atoms with Gasteiger partial charge in [-0.1, -0.05) is 28.4 Å². The van der Waals surface area contributed by atoms with Crippen LogP contribution in [0.3, 0.4) is 0 Å². The number of hydrogen-bond donors (Lipinski definition) is 1. The van der Waals surface area contributed by atoms with Crippen LogP contribution in [0, 0.1) is 6.92 Å². The summed E-state index contributed by atoms with van der Waals surface area (Å²) in [7, 11) is 0. The number of carbonyl (C=O) groups excluding carboxylic acids is 1. The first-order valence-electron chi connectivity index (χ1n) is 9.78. The Balaban J connectivity index is 1.54. The van der Waals surface area contributed by atoms with E-state index < -0.39 is 0 Å². The predicted molar refractivity (Wildman–Crippen MR) is 118 cm³/mol. The van der Waals surface area contributed by atoms with E-state index in [1.165, 1.54) is 37.9 Å². The highest BCUT2D eigenvalue weighted by Crippen LogP contribution is 2.26. The molecule has 0 atom stereocenters. The van der Waals surface area contributed by atoms with Crippen LogP contribution in [0.25, 0.3) is 10.9 Å². The van der Waals surface area contributed by atoms with Crippen molar-refractivity contribution in [3.05, 3.63) is 69.8 Å². The van der Waals surface area contributed by atoms with Gasteiger partial charge in [-0.15, -0.1) is 0 Å². The Morgan fingerprint density at radius 1 is 1.11 bits per heavy atom. The first-order chi connectivity index (χ1) is 13.6. The van der Waals surface area contributed by atoms with Gasteiger partial charge in [0.2, 0.25) is 0 Å². The zero-order valence-electron chi connectivity index (χ0n) is 16.0. The van der Waals surface area contributed by atoms with Crippen molar-refractivity contribution in [2.45, 2.75) is 32.7 Å². The molecule has 0 bridgehead atoms. The van der Waals surface area contributed by atoms with Crippen molar-refractivity contribution >= 4 is 38.4 Å². The normalized spacial score (nSPS) is 14.9. The van der Waals surface area contributed by atoms with E-state index in [-0.39, 0.29) is 5.91 Å². The van der Waals surface area contributed by atoms with E-state index in [1.54, 1.807) is 12.1 Å². The second kappa shape index (κ2) is 8.41. The van der Waals surface area contributed by atoms with Crippen LogP contribution < -0.4 is 5.32 Å². The Morgan fingerprint density at radius 2 is 1.86 bits per heavy atom. The Hall–Kier alpha value is -2.24. The average Bonchev–Trinajstić information content (AvgIpc) is 2.71. The molecule has 144 valence electrons. The molecule has 0 unspecified atom stereocenters. The number of hydrogen-bond acceptors (Lipinski definition) is 3. The van der Waals surface area contributed by atoms with Crippen LogP contribution in [0.5, 0.6) is 0 Å². The molecule has 0 saturated carbocycles. The summed E-state index contributed by atoms with van der Waals surface area (Å²) >= 11 is 3.39. The molecule has 1 saturated heterocycles. The number of piperidine rings is 1. The molecule has 3 aromatic rings. The number of anilines is 1. The quantitative estimate of drug-likeness (QED) is 0.582. The lowest BCUT2D eigenvalue weighted by Crippen LogP contribution is -2.29. The molecule has 4 nitrogen and oxygen atoms in total. The highest BCUT2D eigenvalue weighted by atomic mass is 79.9. The van der Waals surface area contributed by atoms with Gasteiger partial charge in [0.25, 0.3) is 5.91 Å². The van der Waals surface area contributed by atoms with Crippen LogP contribution in [0.15, 0.2) is 53.1 Å². The van der Waals surface area contributed by atoms with Gasteiger partial charge < -0.3 is 5.32 Å². The maximum Gasteiger partial charge on any atom is 0.255 e. The van der Waals surface area contributed by atoms with Crippen LogP contribution in [-0.2, 0) is 6.54 Å². The Kier molecular flexibility index (Phi) is 5.74. The van der Waals surface area contributed by atoms with Crippen molar-refractivity contribution in [1.82, 2.24) is 9.88 Å². The molecule has 2 aromatic carbocycles. The van der Waals surface area contributed by atoms with Crippen LogP contribution in [-0.4, -0.2) is 28.9 Å². The third kappa shape index (κ3) is 4.26. The zero-order chi connectivity index (χ0) is 19.5. The van der Waals surface area contributed by atoms with Gasteiger partial charge in [0.05, 0.1) is 5.52 Å². The van der Waals surface area contributed by atoms with Gasteiger partial charge in [0.15, 0.2) is 0 Å². The summed E-state index contributed by atoms with van der Waals surface area (Å²) in [6, 6.07) is 13.6. The summed E-state index contributed by atoms with van der Waals surface area (Å²) in [5.41, 5.74) is 4.62. The van der Waals surface area contributed by atoms with Crippen molar-refractivity contribution in [2.24, 2.45) is 0 Å². The molecule has 5 heteroatoms. The van der Waals surface area contributed by atoms with Gasteiger partial charge in [0, 0.05) is 33.9 Å². The summed E-state index contributed by atoms with van der Waals surface area (Å²) in [5, 5.41) is 4.14. The predicted octanol–water partition coefficient (Wildman–Crippen LogP) is 5.54. The highest BCUT2D eigenvalue weighted by molar-refractivity contribution is 9.10. The number of amides is 1. The van der Waals surface area contributed by atoms with E-state index in [0.717, 1.165) is 33.2 Å². The number of fused-ring (bicyclic) bond motifs is 1. The fraction of sp³-hybridized carbons (Fsp3) is 0.304. The second-order valence-corrected chi connectivity index (χ2v) is 8.37. The molecular weight excluding hydrogens is 414 g/mol. The maximum atomic E-state index is 12.5. The summed E-state index contributed by atoms with van der Waals surface area (Å²) < 4.78 is 0.954. The fourth-order valence-electron chi connectivity index (χ4n) is 3.79. The lowest BCUT2D eigenvalue weighted by Gasteiger charge is -2.26. The minimum absolute atomic E-state index is 0.114. The van der Waals surface area contributed by atoms with Crippen molar-refractivity contribution in [1.29, 1.82) is 0 Å². The average molecular weight is 438 g/mol. The van der Waals surface area contributed by atoms with Gasteiger partial charge in [-0.05, 0) is 80.4 Å². The number of carbonyl (C=O) groups is 1. The molecule has 28 heavy (non-hydrogen) atoms. The monoisotopic (exact) mass is 437 g/mol. The summed E-state index contributed by atoms with van der Waals surface area (Å²) in [6.07, 6.45) is 5.91. The van der Waals surface area contributed by atoms with Crippen molar-refractivity contribution in [2.75, 3.05) is 18.4 Å². The number of aryl methyl sites for hydroxylation is 1. The number of likely N-dealkylation sites (tertiary alicyclic amines) is 1. The van der Waals surface area contributed by atoms with Gasteiger partial charge in [0.1, 0.15) is 0 Å². The highest BCUT2D eigenvalue weighted by Gasteiger charge is 2.13. The van der Waals surface area contributed by atoms with E-state index >= 15 is 0 Å². The summed E-state index contributed by atoms with van der Waals surface area (Å²) in [4.78, 5) is 19.8.